The maximum atomic E-state index is 6.05. The number of furan rings is 1. The van der Waals surface area contributed by atoms with Gasteiger partial charge in [-0.1, -0.05) is 23.7 Å². The van der Waals surface area contributed by atoms with Gasteiger partial charge in [0.15, 0.2) is 11.1 Å². The maximum Gasteiger partial charge on any atom is 0.177 e. The van der Waals surface area contributed by atoms with Crippen molar-refractivity contribution in [2.24, 2.45) is 4.99 Å². The van der Waals surface area contributed by atoms with Crippen LogP contribution in [0.5, 0.6) is 0 Å². The highest BCUT2D eigenvalue weighted by Gasteiger charge is 2.06. The van der Waals surface area contributed by atoms with Crippen LogP contribution in [0.25, 0.3) is 11.2 Å². The molecule has 7 heteroatoms. The summed E-state index contributed by atoms with van der Waals surface area (Å²) in [5, 5.41) is 0.712. The SMILES string of the molecule is Clc1cccc(Cn2cnc(=NCc3ccco3)c3[nH]cnc32)c1. The molecule has 0 aliphatic carbocycles. The third kappa shape index (κ3) is 2.96. The maximum absolute atomic E-state index is 6.05. The van der Waals surface area contributed by atoms with E-state index in [9.17, 15) is 0 Å². The molecule has 1 aromatic carbocycles. The van der Waals surface area contributed by atoms with Gasteiger partial charge in [-0.05, 0) is 29.8 Å². The van der Waals surface area contributed by atoms with Crippen molar-refractivity contribution in [3.63, 3.8) is 0 Å². The molecule has 0 aliphatic rings. The average Bonchev–Trinajstić information content (AvgIpc) is 3.26. The van der Waals surface area contributed by atoms with Gasteiger partial charge in [0.25, 0.3) is 0 Å². The molecule has 0 amide bonds. The predicted octanol–water partition coefficient (Wildman–Crippen LogP) is 3.16. The minimum Gasteiger partial charge on any atom is -0.467 e. The van der Waals surface area contributed by atoms with E-state index < -0.39 is 0 Å². The molecule has 0 fully saturated rings. The molecular weight excluding hydrogens is 326 g/mol. The number of aromatic amines is 1. The first-order valence-corrected chi connectivity index (χ1v) is 7.83. The topological polar surface area (TPSA) is 72.0 Å². The highest BCUT2D eigenvalue weighted by atomic mass is 35.5. The Kier molecular flexibility index (Phi) is 3.88. The first-order chi connectivity index (χ1) is 11.8. The predicted molar refractivity (Wildman–Crippen MR) is 90.4 cm³/mol. The number of halogens is 1. The number of fused-ring (bicyclic) bond motifs is 1. The van der Waals surface area contributed by atoms with Crippen molar-refractivity contribution in [2.45, 2.75) is 13.1 Å². The zero-order valence-corrected chi connectivity index (χ0v) is 13.4. The zero-order chi connectivity index (χ0) is 16.4. The fourth-order valence-corrected chi connectivity index (χ4v) is 2.75. The number of rotatable bonds is 4. The van der Waals surface area contributed by atoms with Gasteiger partial charge in [0.2, 0.25) is 0 Å². The van der Waals surface area contributed by atoms with Crippen LogP contribution in [0.4, 0.5) is 0 Å². The molecule has 0 aliphatic heterocycles. The van der Waals surface area contributed by atoms with Crippen LogP contribution in [0.15, 0.2) is 64.7 Å². The van der Waals surface area contributed by atoms with Gasteiger partial charge in [-0.2, -0.15) is 0 Å². The van der Waals surface area contributed by atoms with Crippen LogP contribution in [-0.2, 0) is 13.1 Å². The minimum absolute atomic E-state index is 0.437. The Morgan fingerprint density at radius 2 is 2.17 bits per heavy atom. The molecule has 0 spiro atoms. The van der Waals surface area contributed by atoms with Crippen LogP contribution in [0, 0.1) is 0 Å². The summed E-state index contributed by atoms with van der Waals surface area (Å²) >= 11 is 6.05. The molecule has 4 rings (SSSR count). The number of H-pyrrole nitrogens is 1. The summed E-state index contributed by atoms with van der Waals surface area (Å²) in [5.41, 5.74) is 3.29. The summed E-state index contributed by atoms with van der Waals surface area (Å²) in [6.07, 6.45) is 5.02. The summed E-state index contributed by atoms with van der Waals surface area (Å²) in [5.74, 6) is 0.792. The molecule has 120 valence electrons. The van der Waals surface area contributed by atoms with Gasteiger partial charge in [0.1, 0.15) is 11.3 Å². The number of nitrogens with one attached hydrogen (secondary N) is 1. The molecule has 0 saturated carbocycles. The number of imidazole rings is 1. The third-order valence-corrected chi connectivity index (χ3v) is 3.88. The van der Waals surface area contributed by atoms with Gasteiger partial charge in [-0.15, -0.1) is 0 Å². The first-order valence-electron chi connectivity index (χ1n) is 7.45. The number of nitrogens with zero attached hydrogens (tertiary/aromatic N) is 4. The van der Waals surface area contributed by atoms with E-state index in [2.05, 4.69) is 19.9 Å². The molecule has 3 aromatic heterocycles. The third-order valence-electron chi connectivity index (χ3n) is 3.64. The summed E-state index contributed by atoms with van der Waals surface area (Å²) in [6, 6.07) is 11.5. The molecule has 4 aromatic rings. The lowest BCUT2D eigenvalue weighted by atomic mass is 10.2. The van der Waals surface area contributed by atoms with Crippen molar-refractivity contribution in [1.29, 1.82) is 0 Å². The van der Waals surface area contributed by atoms with Crippen LogP contribution < -0.4 is 5.49 Å². The summed E-state index contributed by atoms with van der Waals surface area (Å²) in [7, 11) is 0. The second-order valence-electron chi connectivity index (χ2n) is 5.32. The fraction of sp³-hybridized carbons (Fsp3) is 0.118. The van der Waals surface area contributed by atoms with Gasteiger partial charge in [0.05, 0.1) is 32.0 Å². The summed E-state index contributed by atoms with van der Waals surface area (Å²) in [4.78, 5) is 16.5. The highest BCUT2D eigenvalue weighted by molar-refractivity contribution is 6.30. The van der Waals surface area contributed by atoms with Crippen LogP contribution in [0.3, 0.4) is 0 Å². The molecule has 0 unspecified atom stereocenters. The molecule has 24 heavy (non-hydrogen) atoms. The summed E-state index contributed by atoms with van der Waals surface area (Å²) < 4.78 is 7.26. The van der Waals surface area contributed by atoms with E-state index in [0.717, 1.165) is 22.5 Å². The Morgan fingerprint density at radius 1 is 1.21 bits per heavy atom. The van der Waals surface area contributed by atoms with Crippen molar-refractivity contribution in [3.05, 3.63) is 77.2 Å². The lowest BCUT2D eigenvalue weighted by Gasteiger charge is -2.07. The number of benzene rings is 1. The van der Waals surface area contributed by atoms with E-state index in [1.807, 2.05) is 41.0 Å². The number of hydrogen-bond donors (Lipinski definition) is 1. The van der Waals surface area contributed by atoms with Crippen molar-refractivity contribution in [3.8, 4) is 0 Å². The van der Waals surface area contributed by atoms with E-state index in [1.165, 1.54) is 0 Å². The van der Waals surface area contributed by atoms with Crippen LogP contribution in [-0.4, -0.2) is 19.5 Å². The summed E-state index contributed by atoms with van der Waals surface area (Å²) in [6.45, 7) is 1.07. The van der Waals surface area contributed by atoms with Crippen LogP contribution in [0.2, 0.25) is 5.02 Å². The van der Waals surface area contributed by atoms with Gasteiger partial charge < -0.3 is 14.0 Å². The van der Waals surface area contributed by atoms with Crippen LogP contribution in [0.1, 0.15) is 11.3 Å². The minimum atomic E-state index is 0.437. The molecule has 3 heterocycles. The second kappa shape index (κ2) is 6.33. The fourth-order valence-electron chi connectivity index (χ4n) is 2.54. The van der Waals surface area contributed by atoms with Gasteiger partial charge in [-0.3, -0.25) is 4.99 Å². The molecule has 1 N–H and O–H groups in total. The van der Waals surface area contributed by atoms with Crippen molar-refractivity contribution >= 4 is 22.8 Å². The molecule has 0 radical (unpaired) electrons. The molecule has 0 bridgehead atoms. The highest BCUT2D eigenvalue weighted by Crippen LogP contribution is 2.13. The van der Waals surface area contributed by atoms with Crippen LogP contribution >= 0.6 is 11.6 Å². The smallest absolute Gasteiger partial charge is 0.177 e. The van der Waals surface area contributed by atoms with E-state index in [0.29, 0.717) is 23.6 Å². The van der Waals surface area contributed by atoms with E-state index in [4.69, 9.17) is 16.0 Å². The Labute approximate surface area is 142 Å². The molecule has 6 nitrogen and oxygen atoms in total. The van der Waals surface area contributed by atoms with Crippen molar-refractivity contribution in [1.82, 2.24) is 19.5 Å². The van der Waals surface area contributed by atoms with Gasteiger partial charge in [-0.25, -0.2) is 9.97 Å². The molecule has 0 saturated heterocycles. The number of aromatic nitrogens is 4. The van der Waals surface area contributed by atoms with E-state index in [-0.39, 0.29) is 0 Å². The lowest BCUT2D eigenvalue weighted by Crippen LogP contribution is -2.15. The average molecular weight is 340 g/mol. The van der Waals surface area contributed by atoms with Crippen molar-refractivity contribution < 1.29 is 4.42 Å². The Morgan fingerprint density at radius 3 is 3.00 bits per heavy atom. The Balaban J connectivity index is 1.70. The standard InChI is InChI=1S/C17H14ClN5O/c18-13-4-1-3-12(7-13)9-23-11-22-16(15-17(23)21-10-20-15)19-8-14-5-2-6-24-14/h1-7,10-11H,8-9H2,(H,20,21). The largest absolute Gasteiger partial charge is 0.467 e. The first kappa shape index (κ1) is 14.7. The molecular formula is C17H14ClN5O. The normalized spacial score (nSPS) is 12.1. The monoisotopic (exact) mass is 339 g/mol. The lowest BCUT2D eigenvalue weighted by molar-refractivity contribution is 0.510. The Bertz CT molecular complexity index is 1030. The molecule has 0 atom stereocenters. The number of hydrogen-bond acceptors (Lipinski definition) is 4. The Hall–Kier alpha value is -2.86. The zero-order valence-electron chi connectivity index (χ0n) is 12.7. The second-order valence-corrected chi connectivity index (χ2v) is 5.76. The van der Waals surface area contributed by atoms with E-state index >= 15 is 0 Å². The van der Waals surface area contributed by atoms with Gasteiger partial charge in [0, 0.05) is 5.02 Å². The van der Waals surface area contributed by atoms with Gasteiger partial charge >= 0.3 is 0 Å². The van der Waals surface area contributed by atoms with E-state index in [1.54, 1.807) is 18.9 Å². The van der Waals surface area contributed by atoms with Crippen molar-refractivity contribution in [2.75, 3.05) is 0 Å². The quantitative estimate of drug-likeness (QED) is 0.620.